The summed E-state index contributed by atoms with van der Waals surface area (Å²) in [6.07, 6.45) is -3.78. The van der Waals surface area contributed by atoms with E-state index in [1.807, 2.05) is 12.1 Å². The Bertz CT molecular complexity index is 1930. The first-order valence-electron chi connectivity index (χ1n) is 15.6. The van der Waals surface area contributed by atoms with Crippen molar-refractivity contribution in [2.75, 3.05) is 23.8 Å². The smallest absolute Gasteiger partial charge is 0.422 e. The van der Waals surface area contributed by atoms with Crippen LogP contribution < -0.4 is 26.0 Å². The summed E-state index contributed by atoms with van der Waals surface area (Å²) in [5, 5.41) is 20.8. The Balaban J connectivity index is 1.19. The number of carbonyl (C=O) groups is 4. The van der Waals surface area contributed by atoms with Crippen LogP contribution in [0.3, 0.4) is 0 Å². The van der Waals surface area contributed by atoms with Gasteiger partial charge >= 0.3 is 18.2 Å². The van der Waals surface area contributed by atoms with Crippen LogP contribution >= 0.6 is 11.6 Å². The SMILES string of the molecule is O=C(Cc1ccc(F)cc1)C(=O)NCC[C@H](NC(=O)c1ccc(Nc2nc(NC3(c4ccc(Cl)cc4)CC3)nc(OCC(F)(F)F)n2)cc1)C(=O)O. The van der Waals surface area contributed by atoms with Crippen LogP contribution in [0.25, 0.3) is 0 Å². The van der Waals surface area contributed by atoms with Gasteiger partial charge in [-0.2, -0.15) is 28.1 Å². The van der Waals surface area contributed by atoms with E-state index in [0.29, 0.717) is 29.1 Å². The van der Waals surface area contributed by atoms with Gasteiger partial charge in [0.2, 0.25) is 17.7 Å². The van der Waals surface area contributed by atoms with Gasteiger partial charge in [-0.15, -0.1) is 0 Å². The summed E-state index contributed by atoms with van der Waals surface area (Å²) >= 11 is 6.01. The van der Waals surface area contributed by atoms with Crippen molar-refractivity contribution in [3.05, 3.63) is 100 Å². The van der Waals surface area contributed by atoms with Gasteiger partial charge in [-0.1, -0.05) is 35.9 Å². The number of carboxylic acids is 1. The fourth-order valence-corrected chi connectivity index (χ4v) is 5.03. The van der Waals surface area contributed by atoms with E-state index in [1.165, 1.54) is 36.4 Å². The number of amides is 2. The number of aromatic nitrogens is 3. The van der Waals surface area contributed by atoms with Crippen molar-refractivity contribution in [2.45, 2.75) is 43.4 Å². The third-order valence-electron chi connectivity index (χ3n) is 7.73. The molecule has 272 valence electrons. The molecule has 3 aromatic carbocycles. The van der Waals surface area contributed by atoms with E-state index in [1.54, 1.807) is 12.1 Å². The molecular weight excluding hydrogens is 714 g/mol. The number of nitrogens with zero attached hydrogens (tertiary/aromatic N) is 3. The topological polar surface area (TPSA) is 185 Å². The Hall–Kier alpha value is -5.84. The average molecular weight is 744 g/mol. The Labute approximate surface area is 298 Å². The average Bonchev–Trinajstić information content (AvgIpc) is 3.88. The van der Waals surface area contributed by atoms with Crippen LogP contribution in [0.1, 0.15) is 40.7 Å². The van der Waals surface area contributed by atoms with Gasteiger partial charge in [0.05, 0.1) is 5.54 Å². The van der Waals surface area contributed by atoms with Crippen molar-refractivity contribution in [1.82, 2.24) is 25.6 Å². The number of carbonyl (C=O) groups excluding carboxylic acids is 3. The number of hydrogen-bond acceptors (Lipinski definition) is 10. The van der Waals surface area contributed by atoms with E-state index in [0.717, 1.165) is 17.7 Å². The molecule has 13 nitrogen and oxygen atoms in total. The quantitative estimate of drug-likeness (QED) is 0.0773. The summed E-state index contributed by atoms with van der Waals surface area (Å²) in [5.41, 5.74) is 1.10. The zero-order chi connectivity index (χ0) is 37.5. The number of nitrogens with one attached hydrogen (secondary N) is 4. The molecule has 0 aliphatic heterocycles. The van der Waals surface area contributed by atoms with Crippen molar-refractivity contribution in [2.24, 2.45) is 0 Å². The molecular formula is C34H30ClF4N7O6. The van der Waals surface area contributed by atoms with Gasteiger partial charge in [0, 0.05) is 29.2 Å². The molecule has 0 bridgehead atoms. The lowest BCUT2D eigenvalue weighted by molar-refractivity contribution is -0.154. The molecule has 5 rings (SSSR count). The minimum Gasteiger partial charge on any atom is -0.480 e. The van der Waals surface area contributed by atoms with Crippen molar-refractivity contribution < 1.29 is 46.6 Å². The number of aliphatic carboxylic acids is 1. The monoisotopic (exact) mass is 743 g/mol. The van der Waals surface area contributed by atoms with Gasteiger partial charge in [0.15, 0.2) is 6.61 Å². The van der Waals surface area contributed by atoms with Gasteiger partial charge in [-0.05, 0) is 78.9 Å². The normalized spacial score (nSPS) is 13.7. The van der Waals surface area contributed by atoms with Gasteiger partial charge in [-0.3, -0.25) is 14.4 Å². The molecule has 0 radical (unpaired) electrons. The number of carboxylic acid groups (broad SMARTS) is 1. The number of halogens is 5. The molecule has 1 aliphatic carbocycles. The van der Waals surface area contributed by atoms with Crippen LogP contribution in [0.2, 0.25) is 5.02 Å². The number of anilines is 3. The summed E-state index contributed by atoms with van der Waals surface area (Å²) in [6, 6.07) is 15.7. The van der Waals surface area contributed by atoms with Gasteiger partial charge in [0.1, 0.15) is 11.9 Å². The molecule has 5 N–H and O–H groups in total. The molecule has 0 unspecified atom stereocenters. The van der Waals surface area contributed by atoms with E-state index in [4.69, 9.17) is 16.3 Å². The third kappa shape index (κ3) is 10.6. The third-order valence-corrected chi connectivity index (χ3v) is 7.99. The molecule has 0 saturated heterocycles. The number of Topliss-reactive ketones (excluding diaryl/α,β-unsaturated/α-hetero) is 1. The van der Waals surface area contributed by atoms with E-state index >= 15 is 0 Å². The predicted octanol–water partition coefficient (Wildman–Crippen LogP) is 4.95. The molecule has 2 amide bonds. The summed E-state index contributed by atoms with van der Waals surface area (Å²) in [4.78, 5) is 61.2. The Morgan fingerprint density at radius 2 is 1.56 bits per heavy atom. The van der Waals surface area contributed by atoms with E-state index in [2.05, 4.69) is 36.2 Å². The molecule has 1 aliphatic rings. The van der Waals surface area contributed by atoms with Crippen molar-refractivity contribution in [3.8, 4) is 6.01 Å². The first-order chi connectivity index (χ1) is 24.7. The van der Waals surface area contributed by atoms with Gasteiger partial charge < -0.3 is 31.1 Å². The Morgan fingerprint density at radius 1 is 0.904 bits per heavy atom. The molecule has 4 aromatic rings. The fraction of sp³-hybridized carbons (Fsp3) is 0.265. The molecule has 0 spiro atoms. The molecule has 18 heteroatoms. The molecule has 1 heterocycles. The molecule has 1 aromatic heterocycles. The highest BCUT2D eigenvalue weighted by Crippen LogP contribution is 2.48. The summed E-state index contributed by atoms with van der Waals surface area (Å²) in [5.74, 6) is -4.62. The second-order valence-corrected chi connectivity index (χ2v) is 12.2. The van der Waals surface area contributed by atoms with E-state index in [9.17, 15) is 41.8 Å². The van der Waals surface area contributed by atoms with Crippen LogP contribution in [0.5, 0.6) is 6.01 Å². The maximum absolute atomic E-state index is 13.1. The second kappa shape index (κ2) is 16.0. The van der Waals surface area contributed by atoms with Crippen LogP contribution in [0.4, 0.5) is 35.1 Å². The maximum Gasteiger partial charge on any atom is 0.422 e. The van der Waals surface area contributed by atoms with E-state index in [-0.39, 0.29) is 36.8 Å². The number of hydrogen-bond donors (Lipinski definition) is 5. The standard InChI is InChI=1S/C34H30ClF4N7O6/c35-22-7-5-21(6-8-22)33(14-15-33)46-31-43-30(44-32(45-31)52-18-34(37,38)39)41-24-11-3-20(4-12-24)27(48)42-25(29(50)51)13-16-40-28(49)26(47)17-19-1-9-23(36)10-2-19/h1-12,25H,13-18H2,(H,40,49)(H,42,48)(H,50,51)(H2,41,43,44,45,46)/t25-/m0/s1. The summed E-state index contributed by atoms with van der Waals surface area (Å²) in [7, 11) is 0. The first-order valence-corrected chi connectivity index (χ1v) is 16.0. The van der Waals surface area contributed by atoms with Crippen LogP contribution in [0.15, 0.2) is 72.8 Å². The lowest BCUT2D eigenvalue weighted by atomic mass is 10.1. The highest BCUT2D eigenvalue weighted by atomic mass is 35.5. The number of alkyl halides is 3. The van der Waals surface area contributed by atoms with Crippen LogP contribution in [0, 0.1) is 5.82 Å². The maximum atomic E-state index is 13.1. The summed E-state index contributed by atoms with van der Waals surface area (Å²) < 4.78 is 56.6. The number of ether oxygens (including phenoxy) is 1. The lowest BCUT2D eigenvalue weighted by Crippen LogP contribution is -2.43. The van der Waals surface area contributed by atoms with Gasteiger partial charge in [0.25, 0.3) is 11.8 Å². The number of rotatable bonds is 16. The largest absolute Gasteiger partial charge is 0.480 e. The molecule has 52 heavy (non-hydrogen) atoms. The number of ketones is 1. The fourth-order valence-electron chi connectivity index (χ4n) is 4.90. The molecule has 1 fully saturated rings. The van der Waals surface area contributed by atoms with Crippen molar-refractivity contribution >= 4 is 52.8 Å². The zero-order valence-electron chi connectivity index (χ0n) is 27.0. The Morgan fingerprint density at radius 3 is 2.17 bits per heavy atom. The predicted molar refractivity (Wildman–Crippen MR) is 179 cm³/mol. The zero-order valence-corrected chi connectivity index (χ0v) is 27.7. The first kappa shape index (κ1) is 37.4. The minimum atomic E-state index is -4.65. The highest BCUT2D eigenvalue weighted by Gasteiger charge is 2.45. The molecule has 1 atom stereocenters. The van der Waals surface area contributed by atoms with Crippen LogP contribution in [-0.4, -0.2) is 69.0 Å². The highest BCUT2D eigenvalue weighted by molar-refractivity contribution is 6.36. The molecule has 1 saturated carbocycles. The lowest BCUT2D eigenvalue weighted by Gasteiger charge is -2.19. The van der Waals surface area contributed by atoms with Crippen molar-refractivity contribution in [3.63, 3.8) is 0 Å². The van der Waals surface area contributed by atoms with E-state index < -0.39 is 59.8 Å². The van der Waals surface area contributed by atoms with Crippen LogP contribution in [-0.2, 0) is 26.3 Å². The van der Waals surface area contributed by atoms with Crippen molar-refractivity contribution in [1.29, 1.82) is 0 Å². The minimum absolute atomic E-state index is 0.0498. The Kier molecular flexibility index (Phi) is 11.5. The number of benzene rings is 3. The summed E-state index contributed by atoms with van der Waals surface area (Å²) in [6.45, 7) is -1.88. The van der Waals surface area contributed by atoms with Gasteiger partial charge in [-0.25, -0.2) is 9.18 Å². The second-order valence-electron chi connectivity index (χ2n) is 11.7.